The Morgan fingerprint density at radius 2 is 1.88 bits per heavy atom. The number of hydrogen-bond donors (Lipinski definition) is 3. The third kappa shape index (κ3) is 4.82. The number of pyridine rings is 1. The molecule has 0 radical (unpaired) electrons. The molecule has 0 bridgehead atoms. The molecule has 0 aliphatic rings. The Morgan fingerprint density at radius 3 is 2.56 bits per heavy atom. The number of aromatic nitrogens is 5. The predicted octanol–water partition coefficient (Wildman–Crippen LogP) is 4.43. The number of halogens is 2. The number of H-pyrrole nitrogens is 1. The average molecular weight is 449 g/mol. The lowest BCUT2D eigenvalue weighted by molar-refractivity contribution is 0.628. The summed E-state index contributed by atoms with van der Waals surface area (Å²) in [5.74, 6) is 1.22. The summed E-state index contributed by atoms with van der Waals surface area (Å²) in [7, 11) is 0. The number of nitriles is 1. The fourth-order valence-electron chi connectivity index (χ4n) is 3.01. The Labute approximate surface area is 188 Å². The van der Waals surface area contributed by atoms with Crippen LogP contribution in [0.25, 0.3) is 22.6 Å². The summed E-state index contributed by atoms with van der Waals surface area (Å²) in [5.41, 5.74) is 3.14. The minimum atomic E-state index is -0.427. The van der Waals surface area contributed by atoms with Gasteiger partial charge >= 0.3 is 0 Å². The largest absolute Gasteiger partial charge is 0.368 e. The number of aromatic amines is 1. The van der Waals surface area contributed by atoms with Crippen LogP contribution in [0.3, 0.4) is 0 Å². The molecule has 8 nitrogen and oxygen atoms in total. The van der Waals surface area contributed by atoms with Gasteiger partial charge in [-0.3, -0.25) is 0 Å². The van der Waals surface area contributed by atoms with Gasteiger partial charge in [-0.25, -0.2) is 24.3 Å². The van der Waals surface area contributed by atoms with Crippen LogP contribution >= 0.6 is 11.6 Å². The molecule has 0 saturated carbocycles. The van der Waals surface area contributed by atoms with E-state index in [-0.39, 0.29) is 5.02 Å². The van der Waals surface area contributed by atoms with E-state index in [0.29, 0.717) is 53.1 Å². The Kier molecular flexibility index (Phi) is 6.24. The fraction of sp³-hybridized carbons (Fsp3) is 0.136. The number of anilines is 2. The van der Waals surface area contributed by atoms with Crippen molar-refractivity contribution in [1.82, 2.24) is 24.9 Å². The monoisotopic (exact) mass is 448 g/mol. The van der Waals surface area contributed by atoms with E-state index in [4.69, 9.17) is 16.9 Å². The average Bonchev–Trinajstić information content (AvgIpc) is 3.23. The van der Waals surface area contributed by atoms with Crippen LogP contribution in [-0.2, 0) is 0 Å². The summed E-state index contributed by atoms with van der Waals surface area (Å²) in [5, 5.41) is 15.4. The third-order valence-corrected chi connectivity index (χ3v) is 4.85. The lowest BCUT2D eigenvalue weighted by atomic mass is 10.1. The van der Waals surface area contributed by atoms with Gasteiger partial charge in [-0.1, -0.05) is 11.6 Å². The van der Waals surface area contributed by atoms with Crippen LogP contribution in [0.1, 0.15) is 11.3 Å². The van der Waals surface area contributed by atoms with Crippen molar-refractivity contribution in [3.8, 4) is 28.7 Å². The number of nitrogens with one attached hydrogen (secondary N) is 3. The Balaban J connectivity index is 1.53. The molecule has 32 heavy (non-hydrogen) atoms. The van der Waals surface area contributed by atoms with Gasteiger partial charge in [0.1, 0.15) is 23.5 Å². The van der Waals surface area contributed by atoms with E-state index in [2.05, 4.69) is 35.6 Å². The molecule has 0 aliphatic heterocycles. The van der Waals surface area contributed by atoms with Gasteiger partial charge < -0.3 is 15.6 Å². The number of hydrogen-bond acceptors (Lipinski definition) is 7. The minimum absolute atomic E-state index is 0.243. The maximum absolute atomic E-state index is 13.6. The molecule has 0 spiro atoms. The van der Waals surface area contributed by atoms with Crippen LogP contribution in [0.5, 0.6) is 0 Å². The quantitative estimate of drug-likeness (QED) is 0.358. The normalized spacial score (nSPS) is 10.6. The van der Waals surface area contributed by atoms with E-state index in [1.165, 1.54) is 18.3 Å². The molecule has 4 rings (SSSR count). The van der Waals surface area contributed by atoms with Gasteiger partial charge in [-0.15, -0.1) is 0 Å². The second-order valence-corrected chi connectivity index (χ2v) is 7.30. The molecule has 1 aromatic carbocycles. The molecule has 160 valence electrons. The van der Waals surface area contributed by atoms with E-state index >= 15 is 0 Å². The molecule has 4 aromatic rings. The first-order valence-corrected chi connectivity index (χ1v) is 10.1. The smallest absolute Gasteiger partial charge is 0.223 e. The van der Waals surface area contributed by atoms with Crippen molar-refractivity contribution in [2.24, 2.45) is 0 Å². The van der Waals surface area contributed by atoms with Gasteiger partial charge in [-0.2, -0.15) is 5.26 Å². The molecule has 0 fully saturated rings. The molecular formula is C22H18ClFN8. The highest BCUT2D eigenvalue weighted by Gasteiger charge is 2.17. The zero-order valence-corrected chi connectivity index (χ0v) is 17.8. The molecular weight excluding hydrogens is 431 g/mol. The Morgan fingerprint density at radius 1 is 1.03 bits per heavy atom. The lowest BCUT2D eigenvalue weighted by Gasteiger charge is -2.12. The summed E-state index contributed by atoms with van der Waals surface area (Å²) in [4.78, 5) is 20.7. The maximum atomic E-state index is 13.6. The van der Waals surface area contributed by atoms with Crippen LogP contribution < -0.4 is 10.6 Å². The number of aryl methyl sites for hydroxylation is 1. The van der Waals surface area contributed by atoms with Gasteiger partial charge in [0.2, 0.25) is 5.95 Å². The summed E-state index contributed by atoms with van der Waals surface area (Å²) in [6.07, 6.45) is 4.87. The number of imidazole rings is 1. The van der Waals surface area contributed by atoms with Gasteiger partial charge in [0, 0.05) is 42.9 Å². The van der Waals surface area contributed by atoms with Crippen molar-refractivity contribution >= 4 is 23.4 Å². The van der Waals surface area contributed by atoms with Gasteiger partial charge in [0.25, 0.3) is 0 Å². The summed E-state index contributed by atoms with van der Waals surface area (Å²) >= 11 is 6.31. The first kappa shape index (κ1) is 21.2. The highest BCUT2D eigenvalue weighted by atomic mass is 35.5. The zero-order valence-electron chi connectivity index (χ0n) is 17.0. The molecule has 0 saturated heterocycles. The van der Waals surface area contributed by atoms with E-state index in [9.17, 15) is 4.39 Å². The van der Waals surface area contributed by atoms with Crippen LogP contribution in [0.15, 0.2) is 48.9 Å². The summed E-state index contributed by atoms with van der Waals surface area (Å²) in [6, 6.07) is 9.63. The lowest BCUT2D eigenvalue weighted by Crippen LogP contribution is -2.16. The molecule has 0 atom stereocenters. The fourth-order valence-corrected chi connectivity index (χ4v) is 3.26. The standard InChI is InChI=1S/C22H18ClFN8/c1-13-10-29-21(31-13)17-12-30-22(32-20(17)16-4-3-15(24)8-18(16)23)27-7-6-26-19-5-2-14(9-25)11-28-19/h2-5,8,10-12H,6-7H2,1H3,(H,26,28)(H,29,31)(H,27,30,32). The Hall–Kier alpha value is -4.03. The van der Waals surface area contributed by atoms with Crippen molar-refractivity contribution in [2.75, 3.05) is 23.7 Å². The van der Waals surface area contributed by atoms with Gasteiger partial charge in [0.15, 0.2) is 0 Å². The van der Waals surface area contributed by atoms with E-state index in [1.54, 1.807) is 30.6 Å². The van der Waals surface area contributed by atoms with E-state index in [0.717, 1.165) is 5.69 Å². The zero-order chi connectivity index (χ0) is 22.5. The number of rotatable bonds is 7. The summed E-state index contributed by atoms with van der Waals surface area (Å²) < 4.78 is 13.6. The van der Waals surface area contributed by atoms with Gasteiger partial charge in [0.05, 0.1) is 21.8 Å². The van der Waals surface area contributed by atoms with Crippen molar-refractivity contribution in [2.45, 2.75) is 6.92 Å². The van der Waals surface area contributed by atoms with Crippen LogP contribution in [0.2, 0.25) is 5.02 Å². The number of benzene rings is 1. The minimum Gasteiger partial charge on any atom is -0.368 e. The van der Waals surface area contributed by atoms with E-state index in [1.807, 2.05) is 13.0 Å². The maximum Gasteiger partial charge on any atom is 0.223 e. The van der Waals surface area contributed by atoms with Gasteiger partial charge in [-0.05, 0) is 37.3 Å². The Bertz CT molecular complexity index is 1280. The SMILES string of the molecule is Cc1cnc(-c2cnc(NCCNc3ccc(C#N)cn3)nc2-c2ccc(F)cc2Cl)[nH]1. The first-order chi connectivity index (χ1) is 15.5. The molecule has 0 aliphatic carbocycles. The molecule has 3 aromatic heterocycles. The molecule has 3 N–H and O–H groups in total. The topological polar surface area (TPSA) is 115 Å². The van der Waals surface area contributed by atoms with Crippen molar-refractivity contribution < 1.29 is 4.39 Å². The predicted molar refractivity (Wildman–Crippen MR) is 121 cm³/mol. The second kappa shape index (κ2) is 9.41. The molecule has 0 amide bonds. The van der Waals surface area contributed by atoms with Crippen molar-refractivity contribution in [3.63, 3.8) is 0 Å². The summed E-state index contributed by atoms with van der Waals surface area (Å²) in [6.45, 7) is 2.96. The highest BCUT2D eigenvalue weighted by Crippen LogP contribution is 2.34. The van der Waals surface area contributed by atoms with Crippen molar-refractivity contribution in [1.29, 1.82) is 5.26 Å². The first-order valence-electron chi connectivity index (χ1n) is 9.72. The van der Waals surface area contributed by atoms with E-state index < -0.39 is 5.82 Å². The van der Waals surface area contributed by atoms with Crippen LogP contribution in [-0.4, -0.2) is 38.0 Å². The highest BCUT2D eigenvalue weighted by molar-refractivity contribution is 6.33. The van der Waals surface area contributed by atoms with Crippen LogP contribution in [0.4, 0.5) is 16.2 Å². The second-order valence-electron chi connectivity index (χ2n) is 6.89. The van der Waals surface area contributed by atoms with Crippen molar-refractivity contribution in [3.05, 3.63) is 71.0 Å². The molecule has 10 heteroatoms. The third-order valence-electron chi connectivity index (χ3n) is 4.54. The van der Waals surface area contributed by atoms with Crippen LogP contribution in [0, 0.1) is 24.1 Å². The molecule has 0 unspecified atom stereocenters. The number of nitrogens with zero attached hydrogens (tertiary/aromatic N) is 5. The molecule has 3 heterocycles.